The van der Waals surface area contributed by atoms with E-state index >= 15 is 0 Å². The first kappa shape index (κ1) is 13.2. The first-order valence-electron chi connectivity index (χ1n) is 5.21. The van der Waals surface area contributed by atoms with Gasteiger partial charge in [-0.05, 0) is 31.5 Å². The van der Waals surface area contributed by atoms with E-state index in [1.165, 1.54) is 12.1 Å². The normalized spacial score (nSPS) is 11.1. The van der Waals surface area contributed by atoms with Crippen molar-refractivity contribution < 1.29 is 18.8 Å². The van der Waals surface area contributed by atoms with Gasteiger partial charge < -0.3 is 9.57 Å². The molecule has 0 amide bonds. The van der Waals surface area contributed by atoms with Gasteiger partial charge in [0.05, 0.1) is 12.3 Å². The van der Waals surface area contributed by atoms with Crippen LogP contribution in [0.5, 0.6) is 0 Å². The summed E-state index contributed by atoms with van der Waals surface area (Å²) in [5, 5.41) is 3.74. The second-order valence-electron chi connectivity index (χ2n) is 3.26. The Balaban J connectivity index is 2.49. The summed E-state index contributed by atoms with van der Waals surface area (Å²) in [6, 6.07) is 5.84. The highest BCUT2D eigenvalue weighted by Crippen LogP contribution is 2.04. The quantitative estimate of drug-likeness (QED) is 0.449. The van der Waals surface area contributed by atoms with Crippen molar-refractivity contribution in [2.75, 3.05) is 13.2 Å². The van der Waals surface area contributed by atoms with Crippen molar-refractivity contribution in [1.29, 1.82) is 0 Å². The maximum atomic E-state index is 12.7. The van der Waals surface area contributed by atoms with Gasteiger partial charge in [0.2, 0.25) is 6.61 Å². The number of halogens is 1. The third kappa shape index (κ3) is 4.63. The summed E-state index contributed by atoms with van der Waals surface area (Å²) >= 11 is 0. The smallest absolute Gasteiger partial charge is 0.347 e. The number of esters is 1. The van der Waals surface area contributed by atoms with Crippen molar-refractivity contribution in [3.8, 4) is 0 Å². The maximum absolute atomic E-state index is 12.7. The molecule has 4 nitrogen and oxygen atoms in total. The molecule has 0 bridgehead atoms. The molecule has 0 saturated heterocycles. The Morgan fingerprint density at radius 1 is 1.35 bits per heavy atom. The van der Waals surface area contributed by atoms with E-state index in [-0.39, 0.29) is 12.4 Å². The zero-order valence-electron chi connectivity index (χ0n) is 9.77. The van der Waals surface area contributed by atoms with E-state index in [1.807, 2.05) is 0 Å². The van der Waals surface area contributed by atoms with Crippen molar-refractivity contribution >= 4 is 11.7 Å². The SMILES string of the molecule is CCOC(=O)CO/N=C(\C)c1ccc(F)cc1. The standard InChI is InChI=1S/C12H14FNO3/c1-3-16-12(15)8-17-14-9(2)10-4-6-11(13)7-5-10/h4-7H,3,8H2,1-2H3/b14-9+. The van der Waals surface area contributed by atoms with Crippen LogP contribution in [-0.4, -0.2) is 24.9 Å². The van der Waals surface area contributed by atoms with Crippen LogP contribution in [0, 0.1) is 5.82 Å². The van der Waals surface area contributed by atoms with Crippen LogP contribution < -0.4 is 0 Å². The molecule has 0 heterocycles. The topological polar surface area (TPSA) is 47.9 Å². The lowest BCUT2D eigenvalue weighted by Crippen LogP contribution is -2.11. The molecule has 0 N–H and O–H groups in total. The van der Waals surface area contributed by atoms with Gasteiger partial charge in [-0.15, -0.1) is 0 Å². The van der Waals surface area contributed by atoms with Gasteiger partial charge in [-0.2, -0.15) is 0 Å². The van der Waals surface area contributed by atoms with Gasteiger partial charge >= 0.3 is 5.97 Å². The van der Waals surface area contributed by atoms with Crippen LogP contribution in [0.25, 0.3) is 0 Å². The van der Waals surface area contributed by atoms with Crippen molar-refractivity contribution in [3.05, 3.63) is 35.6 Å². The van der Waals surface area contributed by atoms with Gasteiger partial charge in [0, 0.05) is 0 Å². The predicted octanol–water partition coefficient (Wildman–Crippen LogP) is 2.13. The number of carbonyl (C=O) groups excluding carboxylic acids is 1. The van der Waals surface area contributed by atoms with Crippen LogP contribution in [-0.2, 0) is 14.4 Å². The van der Waals surface area contributed by atoms with Gasteiger partial charge in [-0.1, -0.05) is 17.3 Å². The van der Waals surface area contributed by atoms with E-state index in [0.29, 0.717) is 12.3 Å². The molecule has 1 rings (SSSR count). The van der Waals surface area contributed by atoms with Gasteiger partial charge in [-0.25, -0.2) is 9.18 Å². The summed E-state index contributed by atoms with van der Waals surface area (Å²) in [4.78, 5) is 15.8. The molecule has 17 heavy (non-hydrogen) atoms. The molecule has 92 valence electrons. The summed E-state index contributed by atoms with van der Waals surface area (Å²) in [5.41, 5.74) is 1.30. The fraction of sp³-hybridized carbons (Fsp3) is 0.333. The Morgan fingerprint density at radius 2 is 2.00 bits per heavy atom. The molecule has 0 aliphatic heterocycles. The molecular weight excluding hydrogens is 225 g/mol. The molecule has 5 heteroatoms. The van der Waals surface area contributed by atoms with E-state index in [0.717, 1.165) is 5.56 Å². The molecule has 1 aromatic carbocycles. The molecule has 0 atom stereocenters. The Kier molecular flexibility index (Phi) is 5.13. The Hall–Kier alpha value is -1.91. The highest BCUT2D eigenvalue weighted by molar-refractivity contribution is 5.98. The number of carbonyl (C=O) groups is 1. The highest BCUT2D eigenvalue weighted by Gasteiger charge is 2.02. The molecule has 0 radical (unpaired) electrons. The number of hydrogen-bond donors (Lipinski definition) is 0. The highest BCUT2D eigenvalue weighted by atomic mass is 19.1. The first-order valence-corrected chi connectivity index (χ1v) is 5.21. The van der Waals surface area contributed by atoms with Gasteiger partial charge in [0.1, 0.15) is 5.82 Å². The van der Waals surface area contributed by atoms with Crippen molar-refractivity contribution in [3.63, 3.8) is 0 Å². The van der Waals surface area contributed by atoms with E-state index in [4.69, 9.17) is 4.84 Å². The second-order valence-corrected chi connectivity index (χ2v) is 3.26. The van der Waals surface area contributed by atoms with E-state index < -0.39 is 5.97 Å². The van der Waals surface area contributed by atoms with Crippen LogP contribution in [0.2, 0.25) is 0 Å². The monoisotopic (exact) mass is 239 g/mol. The fourth-order valence-corrected chi connectivity index (χ4v) is 1.13. The molecule has 0 fully saturated rings. The maximum Gasteiger partial charge on any atom is 0.347 e. The van der Waals surface area contributed by atoms with Crippen LogP contribution >= 0.6 is 0 Å². The Morgan fingerprint density at radius 3 is 2.59 bits per heavy atom. The first-order chi connectivity index (χ1) is 8.13. The molecule has 1 aromatic rings. The lowest BCUT2D eigenvalue weighted by Gasteiger charge is -2.02. The van der Waals surface area contributed by atoms with Crippen LogP contribution in [0.4, 0.5) is 4.39 Å². The van der Waals surface area contributed by atoms with E-state index in [2.05, 4.69) is 9.89 Å². The summed E-state index contributed by atoms with van der Waals surface area (Å²) in [5.74, 6) is -0.780. The van der Waals surface area contributed by atoms with Crippen LogP contribution in [0.15, 0.2) is 29.4 Å². The van der Waals surface area contributed by atoms with E-state index in [1.54, 1.807) is 26.0 Å². The zero-order chi connectivity index (χ0) is 12.7. The summed E-state index contributed by atoms with van der Waals surface area (Å²) < 4.78 is 17.3. The lowest BCUT2D eigenvalue weighted by atomic mass is 10.1. The van der Waals surface area contributed by atoms with Crippen molar-refractivity contribution in [2.45, 2.75) is 13.8 Å². The van der Waals surface area contributed by atoms with Crippen molar-refractivity contribution in [2.24, 2.45) is 5.16 Å². The molecule has 0 aromatic heterocycles. The minimum Gasteiger partial charge on any atom is -0.463 e. The predicted molar refractivity (Wildman–Crippen MR) is 61.2 cm³/mol. The third-order valence-corrected chi connectivity index (χ3v) is 1.95. The lowest BCUT2D eigenvalue weighted by molar-refractivity contribution is -0.148. The van der Waals surface area contributed by atoms with E-state index in [9.17, 15) is 9.18 Å². The Bertz CT molecular complexity index is 401. The average molecular weight is 239 g/mol. The molecule has 0 saturated carbocycles. The second kappa shape index (κ2) is 6.62. The van der Waals surface area contributed by atoms with Crippen LogP contribution in [0.1, 0.15) is 19.4 Å². The summed E-state index contributed by atoms with van der Waals surface area (Å²) in [6.45, 7) is 3.50. The Labute approximate surface area is 99.0 Å². The van der Waals surface area contributed by atoms with Crippen LogP contribution in [0.3, 0.4) is 0 Å². The molecule has 0 aliphatic rings. The molecule has 0 aliphatic carbocycles. The number of nitrogens with zero attached hydrogens (tertiary/aromatic N) is 1. The number of rotatable bonds is 5. The number of benzene rings is 1. The molecule has 0 unspecified atom stereocenters. The van der Waals surface area contributed by atoms with Gasteiger partial charge in [-0.3, -0.25) is 0 Å². The number of hydrogen-bond acceptors (Lipinski definition) is 4. The molecular formula is C12H14FNO3. The number of ether oxygens (including phenoxy) is 1. The zero-order valence-corrected chi connectivity index (χ0v) is 9.77. The summed E-state index contributed by atoms with van der Waals surface area (Å²) in [7, 11) is 0. The number of oxime groups is 1. The minimum atomic E-state index is -0.469. The third-order valence-electron chi connectivity index (χ3n) is 1.95. The fourth-order valence-electron chi connectivity index (χ4n) is 1.13. The van der Waals surface area contributed by atoms with Crippen molar-refractivity contribution in [1.82, 2.24) is 0 Å². The van der Waals surface area contributed by atoms with Gasteiger partial charge in [0.25, 0.3) is 0 Å². The average Bonchev–Trinajstić information content (AvgIpc) is 2.30. The minimum absolute atomic E-state index is 0.230. The molecule has 0 spiro atoms. The largest absolute Gasteiger partial charge is 0.463 e. The summed E-state index contributed by atoms with van der Waals surface area (Å²) in [6.07, 6.45) is 0. The van der Waals surface area contributed by atoms with Gasteiger partial charge in [0.15, 0.2) is 0 Å².